The topological polar surface area (TPSA) is 95.8 Å². The van der Waals surface area contributed by atoms with Gasteiger partial charge in [0, 0.05) is 55.6 Å². The van der Waals surface area contributed by atoms with Crippen LogP contribution in [0.5, 0.6) is 0 Å². The third kappa shape index (κ3) is 5.38. The Morgan fingerprint density at radius 3 is 2.26 bits per heavy atom. The van der Waals surface area contributed by atoms with E-state index in [2.05, 4.69) is 10.2 Å². The number of rotatable bonds is 6. The minimum absolute atomic E-state index is 0.0201. The Hall–Kier alpha value is -3.42. The number of nitro benzene ring substituents is 1. The second-order valence-electron chi connectivity index (χ2n) is 9.26. The van der Waals surface area contributed by atoms with Crippen LogP contribution in [0, 0.1) is 10.1 Å². The van der Waals surface area contributed by atoms with Crippen molar-refractivity contribution in [1.29, 1.82) is 0 Å². The van der Waals surface area contributed by atoms with Gasteiger partial charge in [-0.1, -0.05) is 31.4 Å². The maximum absolute atomic E-state index is 13.3. The molecule has 0 spiro atoms. The fraction of sp³-hybridized carbons (Fsp3) is 0.462. The van der Waals surface area contributed by atoms with Gasteiger partial charge in [-0.2, -0.15) is 0 Å². The number of non-ortho nitro benzene ring substituents is 1. The number of carbonyl (C=O) groups is 2. The number of carbonyl (C=O) groups excluding carboxylic acids is 2. The first-order chi connectivity index (χ1) is 16.4. The monoisotopic (exact) mass is 464 g/mol. The first kappa shape index (κ1) is 23.7. The van der Waals surface area contributed by atoms with E-state index in [1.54, 1.807) is 0 Å². The molecule has 8 heteroatoms. The Kier molecular flexibility index (Phi) is 7.45. The molecule has 1 heterocycles. The normalized spacial score (nSPS) is 17.3. The third-order valence-electron chi connectivity index (χ3n) is 7.09. The van der Waals surface area contributed by atoms with Gasteiger partial charge in [-0.15, -0.1) is 0 Å². The van der Waals surface area contributed by atoms with Crippen molar-refractivity contribution < 1.29 is 14.5 Å². The second-order valence-corrected chi connectivity index (χ2v) is 9.26. The Morgan fingerprint density at radius 1 is 0.971 bits per heavy atom. The molecule has 0 bridgehead atoms. The van der Waals surface area contributed by atoms with E-state index in [0.29, 0.717) is 11.6 Å². The summed E-state index contributed by atoms with van der Waals surface area (Å²) in [6, 6.07) is 13.8. The van der Waals surface area contributed by atoms with Crippen LogP contribution in [0.2, 0.25) is 0 Å². The molecule has 4 rings (SSSR count). The minimum atomic E-state index is -0.479. The highest BCUT2D eigenvalue weighted by Gasteiger charge is 2.28. The van der Waals surface area contributed by atoms with E-state index < -0.39 is 4.92 Å². The molecular weight excluding hydrogens is 432 g/mol. The van der Waals surface area contributed by atoms with E-state index in [1.807, 2.05) is 36.2 Å². The van der Waals surface area contributed by atoms with Gasteiger partial charge >= 0.3 is 0 Å². The highest BCUT2D eigenvalue weighted by atomic mass is 16.6. The quantitative estimate of drug-likeness (QED) is 0.505. The van der Waals surface area contributed by atoms with Crippen molar-refractivity contribution in [2.24, 2.45) is 0 Å². The molecule has 2 amide bonds. The fourth-order valence-electron chi connectivity index (χ4n) is 5.02. The number of nitro groups is 1. The van der Waals surface area contributed by atoms with Gasteiger partial charge in [-0.05, 0) is 49.9 Å². The number of amides is 2. The standard InChI is InChI=1S/C26H32N4O4/c1-28(21-7-3-2-4-8-21)26(32)23-9-5-6-10-24(23)29-17-15-20(16-18-29)27-25(31)19-11-13-22(14-12-19)30(33)34/h5-6,9-14,20-21H,2-4,7-8,15-18H2,1H3,(H,27,31). The summed E-state index contributed by atoms with van der Waals surface area (Å²) in [7, 11) is 1.93. The molecule has 0 aromatic heterocycles. The Balaban J connectivity index is 1.36. The highest BCUT2D eigenvalue weighted by molar-refractivity contribution is 6.00. The molecule has 0 unspecified atom stereocenters. The van der Waals surface area contributed by atoms with Crippen LogP contribution in [-0.2, 0) is 0 Å². The number of nitrogens with zero attached hydrogens (tertiary/aromatic N) is 3. The van der Waals surface area contributed by atoms with Crippen molar-refractivity contribution in [1.82, 2.24) is 10.2 Å². The van der Waals surface area contributed by atoms with Crippen LogP contribution in [0.3, 0.4) is 0 Å². The summed E-state index contributed by atoms with van der Waals surface area (Å²) >= 11 is 0. The zero-order chi connectivity index (χ0) is 24.1. The molecule has 2 aromatic rings. The van der Waals surface area contributed by atoms with E-state index in [-0.39, 0.29) is 23.5 Å². The molecule has 1 saturated heterocycles. The predicted octanol–water partition coefficient (Wildman–Crippen LogP) is 4.40. The summed E-state index contributed by atoms with van der Waals surface area (Å²) in [5.41, 5.74) is 2.07. The summed E-state index contributed by atoms with van der Waals surface area (Å²) in [4.78, 5) is 40.4. The molecule has 8 nitrogen and oxygen atoms in total. The lowest BCUT2D eigenvalue weighted by Crippen LogP contribution is -2.45. The van der Waals surface area contributed by atoms with Crippen molar-refractivity contribution >= 4 is 23.2 Å². The fourth-order valence-corrected chi connectivity index (χ4v) is 5.02. The molecule has 34 heavy (non-hydrogen) atoms. The van der Waals surface area contributed by atoms with E-state index in [4.69, 9.17) is 0 Å². The molecule has 1 aliphatic heterocycles. The van der Waals surface area contributed by atoms with Gasteiger partial charge in [0.05, 0.1) is 10.5 Å². The lowest BCUT2D eigenvalue weighted by molar-refractivity contribution is -0.384. The average molecular weight is 465 g/mol. The van der Waals surface area contributed by atoms with E-state index in [9.17, 15) is 19.7 Å². The van der Waals surface area contributed by atoms with Crippen LogP contribution >= 0.6 is 0 Å². The lowest BCUT2D eigenvalue weighted by atomic mass is 9.94. The molecule has 2 fully saturated rings. The van der Waals surface area contributed by atoms with Crippen LogP contribution in [0.1, 0.15) is 65.7 Å². The van der Waals surface area contributed by atoms with Gasteiger partial charge in [-0.25, -0.2) is 0 Å². The van der Waals surface area contributed by atoms with Crippen molar-refractivity contribution in [2.75, 3.05) is 25.0 Å². The maximum Gasteiger partial charge on any atom is 0.269 e. The van der Waals surface area contributed by atoms with E-state index >= 15 is 0 Å². The molecule has 1 N–H and O–H groups in total. The Bertz CT molecular complexity index is 1030. The minimum Gasteiger partial charge on any atom is -0.371 e. The molecule has 0 atom stereocenters. The van der Waals surface area contributed by atoms with Crippen molar-refractivity contribution in [3.05, 3.63) is 69.8 Å². The first-order valence-corrected chi connectivity index (χ1v) is 12.1. The van der Waals surface area contributed by atoms with Crippen molar-refractivity contribution in [3.63, 3.8) is 0 Å². The molecule has 2 aromatic carbocycles. The molecular formula is C26H32N4O4. The third-order valence-corrected chi connectivity index (χ3v) is 7.09. The van der Waals surface area contributed by atoms with E-state index in [0.717, 1.165) is 50.0 Å². The Morgan fingerprint density at radius 2 is 1.62 bits per heavy atom. The number of nitrogens with one attached hydrogen (secondary N) is 1. The van der Waals surface area contributed by atoms with E-state index in [1.165, 1.54) is 43.5 Å². The lowest BCUT2D eigenvalue weighted by Gasteiger charge is -2.36. The first-order valence-electron chi connectivity index (χ1n) is 12.1. The summed E-state index contributed by atoms with van der Waals surface area (Å²) in [6.45, 7) is 1.48. The van der Waals surface area contributed by atoms with Gasteiger partial charge in [0.2, 0.25) is 0 Å². The molecule has 1 aliphatic carbocycles. The number of piperidine rings is 1. The highest BCUT2D eigenvalue weighted by Crippen LogP contribution is 2.28. The number of benzene rings is 2. The van der Waals surface area contributed by atoms with Crippen molar-refractivity contribution in [2.45, 2.75) is 57.0 Å². The number of hydrogen-bond acceptors (Lipinski definition) is 5. The zero-order valence-electron chi connectivity index (χ0n) is 19.6. The number of para-hydroxylation sites is 1. The van der Waals surface area contributed by atoms with Gasteiger partial charge < -0.3 is 15.1 Å². The average Bonchev–Trinajstić information content (AvgIpc) is 2.89. The van der Waals surface area contributed by atoms with Gasteiger partial charge in [0.1, 0.15) is 0 Å². The molecule has 180 valence electrons. The summed E-state index contributed by atoms with van der Waals surface area (Å²) in [6.07, 6.45) is 7.30. The van der Waals surface area contributed by atoms with Crippen LogP contribution in [-0.4, -0.2) is 53.9 Å². The maximum atomic E-state index is 13.3. The van der Waals surface area contributed by atoms with Gasteiger partial charge in [0.25, 0.3) is 17.5 Å². The molecule has 2 aliphatic rings. The summed E-state index contributed by atoms with van der Waals surface area (Å²) in [5.74, 6) is -0.144. The van der Waals surface area contributed by atoms with Crippen LogP contribution < -0.4 is 10.2 Å². The molecule has 1 saturated carbocycles. The van der Waals surface area contributed by atoms with Crippen LogP contribution in [0.15, 0.2) is 48.5 Å². The largest absolute Gasteiger partial charge is 0.371 e. The second kappa shape index (κ2) is 10.7. The zero-order valence-corrected chi connectivity index (χ0v) is 19.6. The summed E-state index contributed by atoms with van der Waals surface area (Å²) in [5, 5.41) is 13.9. The Labute approximate surface area is 200 Å². The SMILES string of the molecule is CN(C(=O)c1ccccc1N1CCC(NC(=O)c2ccc([N+](=O)[O-])cc2)CC1)C1CCCCC1. The number of anilines is 1. The predicted molar refractivity (Wildman–Crippen MR) is 131 cm³/mol. The smallest absolute Gasteiger partial charge is 0.269 e. The van der Waals surface area contributed by atoms with Gasteiger partial charge in [-0.3, -0.25) is 19.7 Å². The van der Waals surface area contributed by atoms with Gasteiger partial charge in [0.15, 0.2) is 0 Å². The summed E-state index contributed by atoms with van der Waals surface area (Å²) < 4.78 is 0. The van der Waals surface area contributed by atoms with Crippen LogP contribution in [0.4, 0.5) is 11.4 Å². The number of hydrogen-bond donors (Lipinski definition) is 1. The van der Waals surface area contributed by atoms with Crippen molar-refractivity contribution in [3.8, 4) is 0 Å². The van der Waals surface area contributed by atoms with Crippen LogP contribution in [0.25, 0.3) is 0 Å². The molecule has 0 radical (unpaired) electrons.